The van der Waals surface area contributed by atoms with Gasteiger partial charge in [0, 0.05) is 24.3 Å². The molecular weight excluding hydrogens is 256 g/mol. The third-order valence-corrected chi connectivity index (χ3v) is 3.48. The lowest BCUT2D eigenvalue weighted by molar-refractivity contribution is 0.222. The summed E-state index contributed by atoms with van der Waals surface area (Å²) in [4.78, 5) is 14.0. The average molecular weight is 272 g/mol. The SMILES string of the molecule is Cc1ccc(-c2nnco2)cc1NC(=O)N1CCCC1. The molecule has 2 heterocycles. The molecule has 0 atom stereocenters. The van der Waals surface area contributed by atoms with Crippen molar-refractivity contribution in [1.29, 1.82) is 0 Å². The summed E-state index contributed by atoms with van der Waals surface area (Å²) in [5.74, 6) is 0.446. The second-order valence-electron chi connectivity index (χ2n) is 4.90. The van der Waals surface area contributed by atoms with Gasteiger partial charge in [-0.05, 0) is 37.5 Å². The lowest BCUT2D eigenvalue weighted by Gasteiger charge is -2.17. The number of rotatable bonds is 2. The van der Waals surface area contributed by atoms with Gasteiger partial charge in [-0.15, -0.1) is 10.2 Å². The molecule has 0 spiro atoms. The molecule has 2 amide bonds. The molecule has 1 aromatic carbocycles. The van der Waals surface area contributed by atoms with Crippen LogP contribution in [0.2, 0.25) is 0 Å². The van der Waals surface area contributed by atoms with Crippen LogP contribution in [-0.4, -0.2) is 34.2 Å². The molecule has 1 aliphatic rings. The zero-order valence-electron chi connectivity index (χ0n) is 11.3. The monoisotopic (exact) mass is 272 g/mol. The molecule has 0 radical (unpaired) electrons. The fourth-order valence-corrected chi connectivity index (χ4v) is 2.30. The number of urea groups is 1. The van der Waals surface area contributed by atoms with Crippen molar-refractivity contribution in [2.45, 2.75) is 19.8 Å². The number of likely N-dealkylation sites (tertiary alicyclic amines) is 1. The topological polar surface area (TPSA) is 71.3 Å². The fraction of sp³-hybridized carbons (Fsp3) is 0.357. The standard InChI is InChI=1S/C14H16N4O2/c1-10-4-5-11(13-17-15-9-20-13)8-12(10)16-14(19)18-6-2-3-7-18/h4-5,8-9H,2-3,6-7H2,1H3,(H,16,19). The van der Waals surface area contributed by atoms with Gasteiger partial charge in [0.2, 0.25) is 12.3 Å². The van der Waals surface area contributed by atoms with Crippen LogP contribution in [0.3, 0.4) is 0 Å². The van der Waals surface area contributed by atoms with E-state index in [1.54, 1.807) is 0 Å². The van der Waals surface area contributed by atoms with E-state index >= 15 is 0 Å². The highest BCUT2D eigenvalue weighted by Gasteiger charge is 2.18. The number of anilines is 1. The van der Waals surface area contributed by atoms with Gasteiger partial charge in [-0.3, -0.25) is 0 Å². The van der Waals surface area contributed by atoms with Crippen molar-refractivity contribution in [3.05, 3.63) is 30.2 Å². The van der Waals surface area contributed by atoms with Crippen molar-refractivity contribution in [2.75, 3.05) is 18.4 Å². The molecule has 0 unspecified atom stereocenters. The Balaban J connectivity index is 1.81. The summed E-state index contributed by atoms with van der Waals surface area (Å²) in [7, 11) is 0. The summed E-state index contributed by atoms with van der Waals surface area (Å²) in [6.45, 7) is 3.61. The van der Waals surface area contributed by atoms with Crippen LogP contribution in [0.25, 0.3) is 11.5 Å². The van der Waals surface area contributed by atoms with E-state index in [1.807, 2.05) is 30.0 Å². The Morgan fingerprint density at radius 1 is 1.35 bits per heavy atom. The van der Waals surface area contributed by atoms with E-state index in [9.17, 15) is 4.79 Å². The van der Waals surface area contributed by atoms with E-state index in [1.165, 1.54) is 6.39 Å². The number of amides is 2. The molecule has 1 aromatic heterocycles. The van der Waals surface area contributed by atoms with Crippen LogP contribution in [0.5, 0.6) is 0 Å². The molecule has 0 aliphatic carbocycles. The number of carbonyl (C=O) groups is 1. The third kappa shape index (κ3) is 2.49. The minimum Gasteiger partial charge on any atom is -0.423 e. The van der Waals surface area contributed by atoms with Crippen LogP contribution < -0.4 is 5.32 Å². The molecule has 0 saturated carbocycles. The first-order valence-electron chi connectivity index (χ1n) is 6.67. The summed E-state index contributed by atoms with van der Waals surface area (Å²) >= 11 is 0. The predicted molar refractivity (Wildman–Crippen MR) is 74.3 cm³/mol. The molecule has 1 aliphatic heterocycles. The first-order valence-corrected chi connectivity index (χ1v) is 6.67. The Morgan fingerprint density at radius 3 is 2.85 bits per heavy atom. The minimum atomic E-state index is -0.0479. The van der Waals surface area contributed by atoms with Crippen molar-refractivity contribution < 1.29 is 9.21 Å². The van der Waals surface area contributed by atoms with Crippen molar-refractivity contribution >= 4 is 11.7 Å². The molecule has 3 rings (SSSR count). The Labute approximate surface area is 116 Å². The number of nitrogens with zero attached hydrogens (tertiary/aromatic N) is 3. The first kappa shape index (κ1) is 12.7. The predicted octanol–water partition coefficient (Wildman–Crippen LogP) is 2.67. The normalized spacial score (nSPS) is 14.6. The van der Waals surface area contributed by atoms with Gasteiger partial charge >= 0.3 is 6.03 Å². The Bertz CT molecular complexity index is 604. The van der Waals surface area contributed by atoms with Gasteiger partial charge in [0.1, 0.15) is 0 Å². The molecule has 1 N–H and O–H groups in total. The van der Waals surface area contributed by atoms with Crippen molar-refractivity contribution in [2.24, 2.45) is 0 Å². The van der Waals surface area contributed by atoms with Crippen molar-refractivity contribution in [3.63, 3.8) is 0 Å². The quantitative estimate of drug-likeness (QED) is 0.912. The lowest BCUT2D eigenvalue weighted by Crippen LogP contribution is -2.32. The van der Waals surface area contributed by atoms with Gasteiger partial charge in [-0.25, -0.2) is 4.79 Å². The second kappa shape index (κ2) is 5.32. The van der Waals surface area contributed by atoms with Gasteiger partial charge in [0.15, 0.2) is 0 Å². The molecule has 1 fully saturated rings. The maximum atomic E-state index is 12.1. The number of hydrogen-bond donors (Lipinski definition) is 1. The second-order valence-corrected chi connectivity index (χ2v) is 4.90. The number of hydrogen-bond acceptors (Lipinski definition) is 4. The number of nitrogens with one attached hydrogen (secondary N) is 1. The molecule has 0 bridgehead atoms. The highest BCUT2D eigenvalue weighted by atomic mass is 16.4. The van der Waals surface area contributed by atoms with Crippen LogP contribution in [-0.2, 0) is 0 Å². The van der Waals surface area contributed by atoms with Crippen LogP contribution in [0, 0.1) is 6.92 Å². The van der Waals surface area contributed by atoms with Crippen LogP contribution >= 0.6 is 0 Å². The van der Waals surface area contributed by atoms with E-state index in [4.69, 9.17) is 4.42 Å². The van der Waals surface area contributed by atoms with Gasteiger partial charge in [-0.1, -0.05) is 6.07 Å². The smallest absolute Gasteiger partial charge is 0.321 e. The Kier molecular flexibility index (Phi) is 3.37. The highest BCUT2D eigenvalue weighted by Crippen LogP contribution is 2.24. The van der Waals surface area contributed by atoms with E-state index < -0.39 is 0 Å². The largest absolute Gasteiger partial charge is 0.423 e. The maximum Gasteiger partial charge on any atom is 0.321 e. The summed E-state index contributed by atoms with van der Waals surface area (Å²) in [6.07, 6.45) is 3.44. The summed E-state index contributed by atoms with van der Waals surface area (Å²) in [5, 5.41) is 10.5. The fourth-order valence-electron chi connectivity index (χ4n) is 2.30. The first-order chi connectivity index (χ1) is 9.74. The average Bonchev–Trinajstić information content (AvgIpc) is 3.14. The summed E-state index contributed by atoms with van der Waals surface area (Å²) in [5.41, 5.74) is 2.57. The van der Waals surface area contributed by atoms with E-state index in [-0.39, 0.29) is 6.03 Å². The number of aryl methyl sites for hydroxylation is 1. The number of aromatic nitrogens is 2. The van der Waals surface area contributed by atoms with E-state index in [2.05, 4.69) is 15.5 Å². The summed E-state index contributed by atoms with van der Waals surface area (Å²) < 4.78 is 5.17. The third-order valence-electron chi connectivity index (χ3n) is 3.48. The molecule has 1 saturated heterocycles. The lowest BCUT2D eigenvalue weighted by atomic mass is 10.1. The molecular formula is C14H16N4O2. The molecule has 104 valence electrons. The number of carbonyl (C=O) groups excluding carboxylic acids is 1. The zero-order valence-corrected chi connectivity index (χ0v) is 11.3. The molecule has 20 heavy (non-hydrogen) atoms. The van der Waals surface area contributed by atoms with E-state index in [0.29, 0.717) is 5.89 Å². The van der Waals surface area contributed by atoms with Crippen molar-refractivity contribution in [1.82, 2.24) is 15.1 Å². The molecule has 6 nitrogen and oxygen atoms in total. The van der Waals surface area contributed by atoms with E-state index in [0.717, 1.165) is 42.7 Å². The van der Waals surface area contributed by atoms with Gasteiger partial charge in [-0.2, -0.15) is 0 Å². The van der Waals surface area contributed by atoms with Crippen LogP contribution in [0.4, 0.5) is 10.5 Å². The Morgan fingerprint density at radius 2 is 2.15 bits per heavy atom. The molecule has 6 heteroatoms. The number of benzene rings is 1. The Hall–Kier alpha value is -2.37. The van der Waals surface area contributed by atoms with Gasteiger partial charge in [0.25, 0.3) is 0 Å². The molecule has 2 aromatic rings. The zero-order chi connectivity index (χ0) is 13.9. The van der Waals surface area contributed by atoms with Crippen molar-refractivity contribution in [3.8, 4) is 11.5 Å². The van der Waals surface area contributed by atoms with Gasteiger partial charge in [0.05, 0.1) is 0 Å². The minimum absolute atomic E-state index is 0.0479. The van der Waals surface area contributed by atoms with Crippen LogP contribution in [0.15, 0.2) is 29.0 Å². The summed E-state index contributed by atoms with van der Waals surface area (Å²) in [6, 6.07) is 5.64. The maximum absolute atomic E-state index is 12.1. The highest BCUT2D eigenvalue weighted by molar-refractivity contribution is 5.91. The van der Waals surface area contributed by atoms with Gasteiger partial charge < -0.3 is 14.6 Å². The van der Waals surface area contributed by atoms with Crippen LogP contribution in [0.1, 0.15) is 18.4 Å².